The number of carbonyl (C=O) groups is 1. The van der Waals surface area contributed by atoms with Crippen LogP contribution in [0.25, 0.3) is 5.69 Å². The molecule has 2 aromatic rings. The zero-order valence-corrected chi connectivity index (χ0v) is 11.8. The van der Waals surface area contributed by atoms with Gasteiger partial charge in [-0.1, -0.05) is 32.0 Å². The van der Waals surface area contributed by atoms with Crippen molar-refractivity contribution in [3.8, 4) is 5.69 Å². The second-order valence-corrected chi connectivity index (χ2v) is 5.14. The number of para-hydroxylation sites is 1. The first-order valence-corrected chi connectivity index (χ1v) is 6.45. The van der Waals surface area contributed by atoms with E-state index < -0.39 is 5.97 Å². The summed E-state index contributed by atoms with van der Waals surface area (Å²) in [5.74, 6) is -0.480. The van der Waals surface area contributed by atoms with E-state index in [1.165, 1.54) is 5.56 Å². The SMILES string of the molecule is Cc1cc(C(=O)O)c(C)n1-c1ccccc1C(C)C. The summed E-state index contributed by atoms with van der Waals surface area (Å²) >= 11 is 0. The average molecular weight is 257 g/mol. The first-order chi connectivity index (χ1) is 8.93. The molecule has 100 valence electrons. The van der Waals surface area contributed by atoms with Gasteiger partial charge in [0.2, 0.25) is 0 Å². The molecule has 1 heterocycles. The van der Waals surface area contributed by atoms with Gasteiger partial charge >= 0.3 is 5.97 Å². The Bertz CT molecular complexity index is 624. The predicted octanol–water partition coefficient (Wildman–Crippen LogP) is 3.92. The first-order valence-electron chi connectivity index (χ1n) is 6.45. The maximum absolute atomic E-state index is 11.2. The Balaban J connectivity index is 2.70. The smallest absolute Gasteiger partial charge is 0.337 e. The normalized spacial score (nSPS) is 11.0. The van der Waals surface area contributed by atoms with E-state index >= 15 is 0 Å². The molecule has 0 atom stereocenters. The number of benzene rings is 1. The summed E-state index contributed by atoms with van der Waals surface area (Å²) in [6, 6.07) is 9.88. The van der Waals surface area contributed by atoms with Gasteiger partial charge < -0.3 is 9.67 Å². The molecular weight excluding hydrogens is 238 g/mol. The van der Waals surface area contributed by atoms with Crippen molar-refractivity contribution in [2.75, 3.05) is 0 Å². The van der Waals surface area contributed by atoms with E-state index in [9.17, 15) is 9.90 Å². The topological polar surface area (TPSA) is 42.2 Å². The Morgan fingerprint density at radius 1 is 1.21 bits per heavy atom. The molecule has 19 heavy (non-hydrogen) atoms. The molecule has 0 radical (unpaired) electrons. The van der Waals surface area contributed by atoms with E-state index in [0.717, 1.165) is 17.1 Å². The molecule has 1 N–H and O–H groups in total. The molecule has 0 bridgehead atoms. The Morgan fingerprint density at radius 2 is 1.84 bits per heavy atom. The molecule has 0 aliphatic rings. The Kier molecular flexibility index (Phi) is 3.47. The fourth-order valence-electron chi connectivity index (χ4n) is 2.53. The molecule has 0 unspecified atom stereocenters. The monoisotopic (exact) mass is 257 g/mol. The van der Waals surface area contributed by atoms with Crippen LogP contribution < -0.4 is 0 Å². The maximum Gasteiger partial charge on any atom is 0.337 e. The van der Waals surface area contributed by atoms with Crippen molar-refractivity contribution in [2.45, 2.75) is 33.6 Å². The summed E-state index contributed by atoms with van der Waals surface area (Å²) in [6.07, 6.45) is 0. The zero-order valence-electron chi connectivity index (χ0n) is 11.8. The first kappa shape index (κ1) is 13.4. The molecule has 0 fully saturated rings. The largest absolute Gasteiger partial charge is 0.478 e. The lowest BCUT2D eigenvalue weighted by Crippen LogP contribution is -2.06. The van der Waals surface area contributed by atoms with Crippen LogP contribution in [0.3, 0.4) is 0 Å². The fourth-order valence-corrected chi connectivity index (χ4v) is 2.53. The molecule has 3 nitrogen and oxygen atoms in total. The van der Waals surface area contributed by atoms with Gasteiger partial charge in [-0.25, -0.2) is 4.79 Å². The van der Waals surface area contributed by atoms with Crippen molar-refractivity contribution in [2.24, 2.45) is 0 Å². The number of rotatable bonds is 3. The highest BCUT2D eigenvalue weighted by atomic mass is 16.4. The van der Waals surface area contributed by atoms with Gasteiger partial charge in [0.25, 0.3) is 0 Å². The van der Waals surface area contributed by atoms with Crippen LogP contribution in [0.15, 0.2) is 30.3 Å². The molecule has 0 saturated carbocycles. The van der Waals surface area contributed by atoms with E-state index in [2.05, 4.69) is 19.9 Å². The van der Waals surface area contributed by atoms with Gasteiger partial charge in [0.15, 0.2) is 0 Å². The highest BCUT2D eigenvalue weighted by Crippen LogP contribution is 2.27. The highest BCUT2D eigenvalue weighted by molar-refractivity contribution is 5.89. The molecule has 0 saturated heterocycles. The van der Waals surface area contributed by atoms with E-state index in [0.29, 0.717) is 11.5 Å². The minimum Gasteiger partial charge on any atom is -0.478 e. The third-order valence-electron chi connectivity index (χ3n) is 3.46. The van der Waals surface area contributed by atoms with Crippen LogP contribution in [0.1, 0.15) is 47.1 Å². The Labute approximate surface area is 113 Å². The van der Waals surface area contributed by atoms with Gasteiger partial charge in [-0.2, -0.15) is 0 Å². The minimum absolute atomic E-state index is 0.371. The predicted molar refractivity (Wildman–Crippen MR) is 76.3 cm³/mol. The molecule has 2 rings (SSSR count). The maximum atomic E-state index is 11.2. The lowest BCUT2D eigenvalue weighted by molar-refractivity contribution is 0.0696. The van der Waals surface area contributed by atoms with Gasteiger partial charge in [-0.15, -0.1) is 0 Å². The van der Waals surface area contributed by atoms with Crippen LogP contribution >= 0.6 is 0 Å². The van der Waals surface area contributed by atoms with E-state index in [4.69, 9.17) is 0 Å². The lowest BCUT2D eigenvalue weighted by atomic mass is 10.0. The van der Waals surface area contributed by atoms with Gasteiger partial charge in [0, 0.05) is 17.1 Å². The molecule has 0 spiro atoms. The molecule has 0 aliphatic heterocycles. The second-order valence-electron chi connectivity index (χ2n) is 5.14. The summed E-state index contributed by atoms with van der Waals surface area (Å²) in [7, 11) is 0. The van der Waals surface area contributed by atoms with Crippen LogP contribution in [0.2, 0.25) is 0 Å². The van der Waals surface area contributed by atoms with Crippen molar-refractivity contribution in [3.63, 3.8) is 0 Å². The van der Waals surface area contributed by atoms with E-state index in [1.807, 2.05) is 36.6 Å². The van der Waals surface area contributed by atoms with Crippen LogP contribution in [-0.2, 0) is 0 Å². The highest BCUT2D eigenvalue weighted by Gasteiger charge is 2.17. The number of aromatic nitrogens is 1. The van der Waals surface area contributed by atoms with Gasteiger partial charge in [0.1, 0.15) is 0 Å². The van der Waals surface area contributed by atoms with E-state index in [-0.39, 0.29) is 0 Å². The third-order valence-corrected chi connectivity index (χ3v) is 3.46. The summed E-state index contributed by atoms with van der Waals surface area (Å²) in [5, 5.41) is 9.22. The Hall–Kier alpha value is -2.03. The number of aryl methyl sites for hydroxylation is 1. The van der Waals surface area contributed by atoms with Crippen molar-refractivity contribution >= 4 is 5.97 Å². The van der Waals surface area contributed by atoms with Crippen LogP contribution in [0, 0.1) is 13.8 Å². The molecule has 0 amide bonds. The molecule has 1 aromatic carbocycles. The lowest BCUT2D eigenvalue weighted by Gasteiger charge is -2.17. The quantitative estimate of drug-likeness (QED) is 0.905. The molecular formula is C16H19NO2. The van der Waals surface area contributed by atoms with Crippen LogP contribution in [0.5, 0.6) is 0 Å². The summed E-state index contributed by atoms with van der Waals surface area (Å²) in [4.78, 5) is 11.2. The standard InChI is InChI=1S/C16H19NO2/c1-10(2)13-7-5-6-8-15(13)17-11(3)9-14(12(17)4)16(18)19/h5-10H,1-4H3,(H,18,19). The minimum atomic E-state index is -0.874. The number of hydrogen-bond acceptors (Lipinski definition) is 1. The third kappa shape index (κ3) is 2.28. The molecule has 1 aromatic heterocycles. The summed E-state index contributed by atoms with van der Waals surface area (Å²) < 4.78 is 2.03. The van der Waals surface area contributed by atoms with Gasteiger partial charge in [0.05, 0.1) is 5.56 Å². The zero-order chi connectivity index (χ0) is 14.2. The number of hydrogen-bond donors (Lipinski definition) is 1. The van der Waals surface area contributed by atoms with Gasteiger partial charge in [-0.3, -0.25) is 0 Å². The summed E-state index contributed by atoms with van der Waals surface area (Å²) in [5.41, 5.74) is 4.39. The van der Waals surface area contributed by atoms with Gasteiger partial charge in [-0.05, 0) is 37.5 Å². The number of carboxylic acid groups (broad SMARTS) is 1. The van der Waals surface area contributed by atoms with Crippen LogP contribution in [0.4, 0.5) is 0 Å². The number of carboxylic acids is 1. The molecule has 0 aliphatic carbocycles. The van der Waals surface area contributed by atoms with Crippen LogP contribution in [-0.4, -0.2) is 15.6 Å². The van der Waals surface area contributed by atoms with Crippen molar-refractivity contribution in [1.82, 2.24) is 4.57 Å². The second kappa shape index (κ2) is 4.92. The van der Waals surface area contributed by atoms with Crippen molar-refractivity contribution in [3.05, 3.63) is 52.8 Å². The average Bonchev–Trinajstić information content (AvgIpc) is 2.65. The van der Waals surface area contributed by atoms with Crippen molar-refractivity contribution in [1.29, 1.82) is 0 Å². The number of aromatic carboxylic acids is 1. The van der Waals surface area contributed by atoms with E-state index in [1.54, 1.807) is 6.07 Å². The fraction of sp³-hybridized carbons (Fsp3) is 0.312. The molecule has 3 heteroatoms. The Morgan fingerprint density at radius 3 is 2.37 bits per heavy atom. The summed E-state index contributed by atoms with van der Waals surface area (Å²) in [6.45, 7) is 8.08. The number of nitrogens with zero attached hydrogens (tertiary/aromatic N) is 1. The van der Waals surface area contributed by atoms with Crippen molar-refractivity contribution < 1.29 is 9.90 Å².